The first kappa shape index (κ1) is 19.2. The van der Waals surface area contributed by atoms with Crippen LogP contribution in [0.1, 0.15) is 11.1 Å². The number of amides is 2. The average molecular weight is 361 g/mol. The van der Waals surface area contributed by atoms with Gasteiger partial charge in [-0.15, -0.1) is 0 Å². The van der Waals surface area contributed by atoms with E-state index in [-0.39, 0.29) is 12.2 Å². The van der Waals surface area contributed by atoms with Crippen LogP contribution in [0.3, 0.4) is 0 Å². The number of carbonyl (C=O) groups excluding carboxylic acids is 1. The quantitative estimate of drug-likeness (QED) is 0.814. The Hall–Kier alpha value is -3.14. The van der Waals surface area contributed by atoms with Crippen molar-refractivity contribution >= 4 is 17.4 Å². The normalized spacial score (nSPS) is 10.5. The standard InChI is InChI=1S/C19H18F3N3O/c1-25(2)17-11-5-14(6-12-17)4-3-13-23-18(26)24-16-9-7-15(8-10-16)19(20,21)22/h5-12H,13H2,1-2H3,(H2,23,24,26). The summed E-state index contributed by atoms with van der Waals surface area (Å²) in [5.74, 6) is 5.73. The molecule has 2 rings (SSSR count). The second-order valence-electron chi connectivity index (χ2n) is 5.63. The van der Waals surface area contributed by atoms with Crippen molar-refractivity contribution in [3.05, 3.63) is 59.7 Å². The summed E-state index contributed by atoms with van der Waals surface area (Å²) < 4.78 is 37.4. The smallest absolute Gasteiger partial charge is 0.378 e. The highest BCUT2D eigenvalue weighted by molar-refractivity contribution is 5.89. The molecule has 2 amide bonds. The number of rotatable bonds is 3. The molecule has 0 aromatic heterocycles. The van der Waals surface area contributed by atoms with Gasteiger partial charge in [-0.3, -0.25) is 0 Å². The number of hydrogen-bond donors (Lipinski definition) is 2. The molecular formula is C19H18F3N3O. The van der Waals surface area contributed by atoms with E-state index < -0.39 is 17.8 Å². The van der Waals surface area contributed by atoms with Crippen LogP contribution in [0.15, 0.2) is 48.5 Å². The molecule has 4 nitrogen and oxygen atoms in total. The minimum Gasteiger partial charge on any atom is -0.378 e. The molecule has 0 unspecified atom stereocenters. The van der Waals surface area contributed by atoms with Gasteiger partial charge in [-0.25, -0.2) is 4.79 Å². The molecule has 0 spiro atoms. The molecule has 2 aromatic rings. The maximum atomic E-state index is 12.5. The third kappa shape index (κ3) is 5.74. The van der Waals surface area contributed by atoms with Crippen molar-refractivity contribution in [2.45, 2.75) is 6.18 Å². The predicted octanol–water partition coefficient (Wildman–Crippen LogP) is 3.94. The third-order valence-electron chi connectivity index (χ3n) is 3.42. The Bertz CT molecular complexity index is 801. The first-order valence-corrected chi connectivity index (χ1v) is 7.74. The Morgan fingerprint density at radius 1 is 1.04 bits per heavy atom. The van der Waals surface area contributed by atoms with Crippen molar-refractivity contribution in [1.29, 1.82) is 0 Å². The lowest BCUT2D eigenvalue weighted by Gasteiger charge is -2.11. The van der Waals surface area contributed by atoms with Crippen molar-refractivity contribution in [1.82, 2.24) is 5.32 Å². The summed E-state index contributed by atoms with van der Waals surface area (Å²) in [5, 5.41) is 4.97. The van der Waals surface area contributed by atoms with E-state index in [9.17, 15) is 18.0 Å². The Morgan fingerprint density at radius 2 is 1.65 bits per heavy atom. The maximum Gasteiger partial charge on any atom is 0.416 e. The molecule has 26 heavy (non-hydrogen) atoms. The molecule has 7 heteroatoms. The van der Waals surface area contributed by atoms with Gasteiger partial charge in [-0.2, -0.15) is 13.2 Å². The molecule has 136 valence electrons. The van der Waals surface area contributed by atoms with E-state index in [2.05, 4.69) is 22.5 Å². The molecule has 0 saturated carbocycles. The van der Waals surface area contributed by atoms with Crippen LogP contribution in [0.5, 0.6) is 0 Å². The summed E-state index contributed by atoms with van der Waals surface area (Å²) in [6.07, 6.45) is -4.40. The average Bonchev–Trinajstić information content (AvgIpc) is 2.59. The SMILES string of the molecule is CN(C)c1ccc(C#CCNC(=O)Nc2ccc(C(F)(F)F)cc2)cc1. The summed E-state index contributed by atoms with van der Waals surface area (Å²) in [4.78, 5) is 13.7. The predicted molar refractivity (Wildman–Crippen MR) is 96.1 cm³/mol. The fraction of sp³-hybridized carbons (Fsp3) is 0.211. The topological polar surface area (TPSA) is 44.4 Å². The Balaban J connectivity index is 1.82. The van der Waals surface area contributed by atoms with E-state index in [1.807, 2.05) is 43.3 Å². The highest BCUT2D eigenvalue weighted by atomic mass is 19.4. The fourth-order valence-electron chi connectivity index (χ4n) is 2.03. The number of carbonyl (C=O) groups is 1. The van der Waals surface area contributed by atoms with E-state index in [1.54, 1.807) is 0 Å². The highest BCUT2D eigenvalue weighted by Gasteiger charge is 2.29. The van der Waals surface area contributed by atoms with Crippen LogP contribution in [0.4, 0.5) is 29.3 Å². The molecule has 0 aliphatic rings. The van der Waals surface area contributed by atoms with Gasteiger partial charge in [0.1, 0.15) is 0 Å². The van der Waals surface area contributed by atoms with Gasteiger partial charge in [0.25, 0.3) is 0 Å². The van der Waals surface area contributed by atoms with E-state index in [0.29, 0.717) is 0 Å². The van der Waals surface area contributed by atoms with Gasteiger partial charge in [0.05, 0.1) is 12.1 Å². The van der Waals surface area contributed by atoms with E-state index in [4.69, 9.17) is 0 Å². The Morgan fingerprint density at radius 3 is 2.19 bits per heavy atom. The fourth-order valence-corrected chi connectivity index (χ4v) is 2.03. The first-order chi connectivity index (χ1) is 12.3. The molecule has 0 bridgehead atoms. The van der Waals surface area contributed by atoms with E-state index >= 15 is 0 Å². The molecule has 0 heterocycles. The molecule has 0 atom stereocenters. The Labute approximate surface area is 150 Å². The number of nitrogens with one attached hydrogen (secondary N) is 2. The second kappa shape index (κ2) is 8.30. The van der Waals surface area contributed by atoms with Gasteiger partial charge in [-0.05, 0) is 48.5 Å². The zero-order valence-electron chi connectivity index (χ0n) is 14.3. The van der Waals surface area contributed by atoms with Gasteiger partial charge in [0.15, 0.2) is 0 Å². The highest BCUT2D eigenvalue weighted by Crippen LogP contribution is 2.29. The number of halogens is 3. The van der Waals surface area contributed by atoms with Crippen molar-refractivity contribution in [2.24, 2.45) is 0 Å². The van der Waals surface area contributed by atoms with Gasteiger partial charge < -0.3 is 15.5 Å². The minimum atomic E-state index is -4.40. The molecule has 0 aliphatic heterocycles. The summed E-state index contributed by atoms with van der Waals surface area (Å²) >= 11 is 0. The van der Waals surface area contributed by atoms with Crippen molar-refractivity contribution in [3.8, 4) is 11.8 Å². The summed E-state index contributed by atoms with van der Waals surface area (Å²) in [6, 6.07) is 11.3. The van der Waals surface area contributed by atoms with Crippen LogP contribution in [-0.4, -0.2) is 26.7 Å². The van der Waals surface area contributed by atoms with Crippen molar-refractivity contribution < 1.29 is 18.0 Å². The molecule has 0 aliphatic carbocycles. The molecule has 0 fully saturated rings. The van der Waals surface area contributed by atoms with Crippen LogP contribution in [-0.2, 0) is 6.18 Å². The van der Waals surface area contributed by atoms with Crippen LogP contribution < -0.4 is 15.5 Å². The van der Waals surface area contributed by atoms with Crippen molar-refractivity contribution in [2.75, 3.05) is 30.9 Å². The van der Waals surface area contributed by atoms with E-state index in [1.165, 1.54) is 12.1 Å². The lowest BCUT2D eigenvalue weighted by atomic mass is 10.2. The van der Waals surface area contributed by atoms with Crippen LogP contribution in [0, 0.1) is 11.8 Å². The molecule has 0 radical (unpaired) electrons. The van der Waals surface area contributed by atoms with Gasteiger partial charge >= 0.3 is 12.2 Å². The summed E-state index contributed by atoms with van der Waals surface area (Å²) in [7, 11) is 3.89. The first-order valence-electron chi connectivity index (χ1n) is 7.74. The molecule has 0 saturated heterocycles. The second-order valence-corrected chi connectivity index (χ2v) is 5.63. The van der Waals surface area contributed by atoms with E-state index in [0.717, 1.165) is 23.4 Å². The molecule has 2 N–H and O–H groups in total. The monoisotopic (exact) mass is 361 g/mol. The van der Waals surface area contributed by atoms with Gasteiger partial charge in [0, 0.05) is 31.0 Å². The zero-order chi connectivity index (χ0) is 19.2. The van der Waals surface area contributed by atoms with Crippen LogP contribution in [0.25, 0.3) is 0 Å². The third-order valence-corrected chi connectivity index (χ3v) is 3.42. The summed E-state index contributed by atoms with van der Waals surface area (Å²) in [6.45, 7) is 0.113. The largest absolute Gasteiger partial charge is 0.416 e. The van der Waals surface area contributed by atoms with Crippen LogP contribution >= 0.6 is 0 Å². The lowest BCUT2D eigenvalue weighted by Crippen LogP contribution is -2.28. The zero-order valence-corrected chi connectivity index (χ0v) is 14.3. The van der Waals surface area contributed by atoms with Crippen LogP contribution in [0.2, 0.25) is 0 Å². The summed E-state index contributed by atoms with van der Waals surface area (Å²) in [5.41, 5.74) is 1.38. The van der Waals surface area contributed by atoms with Crippen molar-refractivity contribution in [3.63, 3.8) is 0 Å². The Kier molecular flexibility index (Phi) is 6.12. The lowest BCUT2D eigenvalue weighted by molar-refractivity contribution is -0.137. The minimum absolute atomic E-state index is 0.113. The number of nitrogens with zero attached hydrogens (tertiary/aromatic N) is 1. The number of urea groups is 1. The van der Waals surface area contributed by atoms with Gasteiger partial charge in [-0.1, -0.05) is 11.8 Å². The maximum absolute atomic E-state index is 12.5. The van der Waals surface area contributed by atoms with Gasteiger partial charge in [0.2, 0.25) is 0 Å². The number of hydrogen-bond acceptors (Lipinski definition) is 2. The number of alkyl halides is 3. The number of anilines is 2. The molecule has 2 aromatic carbocycles. The molecular weight excluding hydrogens is 343 g/mol. The number of benzene rings is 2.